The second-order valence-corrected chi connectivity index (χ2v) is 12.3. The van der Waals surface area contributed by atoms with E-state index in [0.29, 0.717) is 0 Å². The van der Waals surface area contributed by atoms with Crippen LogP contribution in [0.25, 0.3) is 0 Å². The molecule has 0 radical (unpaired) electrons. The number of aryl methyl sites for hydroxylation is 2. The van der Waals surface area contributed by atoms with Crippen LogP contribution < -0.4 is 15.4 Å². The van der Waals surface area contributed by atoms with Gasteiger partial charge >= 0.3 is 17.8 Å². The summed E-state index contributed by atoms with van der Waals surface area (Å²) < 4.78 is 65.4. The van der Waals surface area contributed by atoms with Crippen molar-refractivity contribution in [2.24, 2.45) is 5.92 Å². The highest BCUT2D eigenvalue weighted by atomic mass is 19.2. The third kappa shape index (κ3) is 9.90. The van der Waals surface area contributed by atoms with Gasteiger partial charge in [0.25, 0.3) is 0 Å². The number of carbonyl (C=O) groups excluding carboxylic acids is 4. The van der Waals surface area contributed by atoms with Crippen molar-refractivity contribution in [3.63, 3.8) is 0 Å². The second kappa shape index (κ2) is 15.4. The Hall–Kier alpha value is -4.20. The molecule has 1 heterocycles. The molecule has 10 nitrogen and oxygen atoms in total. The van der Waals surface area contributed by atoms with E-state index in [9.17, 15) is 41.8 Å². The molecule has 252 valence electrons. The van der Waals surface area contributed by atoms with Crippen molar-refractivity contribution < 1.29 is 51.3 Å². The lowest BCUT2D eigenvalue weighted by atomic mass is 9.94. The highest BCUT2D eigenvalue weighted by Gasteiger charge is 2.34. The molecule has 1 aliphatic heterocycles. The van der Waals surface area contributed by atoms with E-state index in [-0.39, 0.29) is 38.5 Å². The average Bonchev–Trinajstić information content (AvgIpc) is 2.98. The minimum atomic E-state index is -1.82. The largest absolute Gasteiger partial charge is 0.485 e. The number of rotatable bonds is 10. The number of nitrogens with one attached hydrogen (secondary N) is 2. The van der Waals surface area contributed by atoms with Gasteiger partial charge in [-0.1, -0.05) is 23.8 Å². The lowest BCUT2D eigenvalue weighted by molar-refractivity contribution is -0.156. The predicted octanol–water partition coefficient (Wildman–Crippen LogP) is 3.37. The average molecular weight is 654 g/mol. The summed E-state index contributed by atoms with van der Waals surface area (Å²) in [6.45, 7) is 8.00. The zero-order valence-electron chi connectivity index (χ0n) is 26.3. The number of amides is 3. The van der Waals surface area contributed by atoms with E-state index in [0.717, 1.165) is 16.7 Å². The second-order valence-electron chi connectivity index (χ2n) is 12.3. The van der Waals surface area contributed by atoms with Crippen molar-refractivity contribution in [3.8, 4) is 5.75 Å². The summed E-state index contributed by atoms with van der Waals surface area (Å²) in [6.07, 6.45) is -2.03. The molecule has 46 heavy (non-hydrogen) atoms. The van der Waals surface area contributed by atoms with Gasteiger partial charge in [0.05, 0.1) is 12.5 Å². The molecule has 0 aromatic heterocycles. The lowest BCUT2D eigenvalue weighted by Crippen LogP contribution is -2.52. The fourth-order valence-corrected chi connectivity index (χ4v) is 4.84. The smallest absolute Gasteiger partial charge is 0.311 e. The van der Waals surface area contributed by atoms with Crippen LogP contribution in [0.2, 0.25) is 0 Å². The fraction of sp³-hybridized carbons (Fsp3) is 0.500. The number of hydrogen-bond acceptors (Lipinski definition) is 7. The summed E-state index contributed by atoms with van der Waals surface area (Å²) in [6, 6.07) is 4.39. The Morgan fingerprint density at radius 2 is 1.61 bits per heavy atom. The predicted molar refractivity (Wildman–Crippen MR) is 157 cm³/mol. The van der Waals surface area contributed by atoms with Crippen molar-refractivity contribution in [2.75, 3.05) is 19.7 Å². The molecule has 1 aliphatic rings. The minimum Gasteiger partial charge on any atom is -0.485 e. The standard InChI is InChI=1S/C32H39F4N3O7/c1-17-6-7-18(2)20(12-17)15-37-30(43)31(44)39-10-8-19(9-11-39)29(42)38-23(14-25(41)46-32(3,4)5)24(40)16-45-28-26(35)21(33)13-22(34)27(28)36/h6-7,12-13,19,23-24,40H,8-11,14-16H2,1-5H3,(H,37,43)(H,38,42)/t23-,24?/m0/s1. The van der Waals surface area contributed by atoms with E-state index in [4.69, 9.17) is 9.47 Å². The Kier molecular flexibility index (Phi) is 12.1. The molecule has 0 saturated carbocycles. The fourth-order valence-electron chi connectivity index (χ4n) is 4.84. The Balaban J connectivity index is 1.61. The zero-order valence-corrected chi connectivity index (χ0v) is 26.3. The summed E-state index contributed by atoms with van der Waals surface area (Å²) in [5.41, 5.74) is 1.94. The molecule has 1 fully saturated rings. The van der Waals surface area contributed by atoms with Crippen LogP contribution >= 0.6 is 0 Å². The maximum atomic E-state index is 14.0. The van der Waals surface area contributed by atoms with Crippen LogP contribution in [0.5, 0.6) is 5.75 Å². The van der Waals surface area contributed by atoms with Crippen LogP contribution in [0, 0.1) is 43.0 Å². The van der Waals surface area contributed by atoms with Crippen LogP contribution in [-0.4, -0.2) is 71.1 Å². The van der Waals surface area contributed by atoms with Gasteiger partial charge in [-0.2, -0.15) is 8.78 Å². The monoisotopic (exact) mass is 653 g/mol. The first-order chi connectivity index (χ1) is 21.5. The Morgan fingerprint density at radius 3 is 2.20 bits per heavy atom. The van der Waals surface area contributed by atoms with Gasteiger partial charge in [-0.3, -0.25) is 19.2 Å². The van der Waals surface area contributed by atoms with Gasteiger partial charge < -0.3 is 30.1 Å². The first-order valence-corrected chi connectivity index (χ1v) is 14.8. The number of benzene rings is 2. The van der Waals surface area contributed by atoms with Crippen LogP contribution in [0.15, 0.2) is 24.3 Å². The third-order valence-electron chi connectivity index (χ3n) is 7.36. The van der Waals surface area contributed by atoms with Crippen molar-refractivity contribution in [1.82, 2.24) is 15.5 Å². The molecule has 3 amide bonds. The molecular formula is C32H39F4N3O7. The Labute approximate surface area is 264 Å². The van der Waals surface area contributed by atoms with E-state index in [2.05, 4.69) is 10.6 Å². The molecule has 3 N–H and O–H groups in total. The van der Waals surface area contributed by atoms with Crippen LogP contribution in [-0.2, 0) is 30.5 Å². The highest BCUT2D eigenvalue weighted by Crippen LogP contribution is 2.27. The summed E-state index contributed by atoms with van der Waals surface area (Å²) >= 11 is 0. The molecule has 3 rings (SSSR count). The topological polar surface area (TPSA) is 134 Å². The molecular weight excluding hydrogens is 614 g/mol. The summed E-state index contributed by atoms with van der Waals surface area (Å²) in [7, 11) is 0. The maximum absolute atomic E-state index is 14.0. The van der Waals surface area contributed by atoms with Gasteiger partial charge in [0.1, 0.15) is 18.3 Å². The Morgan fingerprint density at radius 1 is 1.00 bits per heavy atom. The molecule has 1 unspecified atom stereocenters. The number of piperidine rings is 1. The van der Waals surface area contributed by atoms with E-state index in [1.807, 2.05) is 32.0 Å². The van der Waals surface area contributed by atoms with Gasteiger partial charge in [-0.05, 0) is 58.6 Å². The van der Waals surface area contributed by atoms with Crippen molar-refractivity contribution in [3.05, 3.63) is 64.2 Å². The number of ether oxygens (including phenoxy) is 2. The van der Waals surface area contributed by atoms with Gasteiger partial charge in [0.15, 0.2) is 17.4 Å². The summed E-state index contributed by atoms with van der Waals surface area (Å²) in [5, 5.41) is 15.9. The van der Waals surface area contributed by atoms with E-state index < -0.39 is 89.4 Å². The quantitative estimate of drug-likeness (QED) is 0.155. The lowest BCUT2D eigenvalue weighted by Gasteiger charge is -2.32. The summed E-state index contributed by atoms with van der Waals surface area (Å²) in [5.74, 6) is -12.1. The first kappa shape index (κ1) is 36.3. The van der Waals surface area contributed by atoms with Crippen LogP contribution in [0.3, 0.4) is 0 Å². The van der Waals surface area contributed by atoms with Gasteiger partial charge in [0.2, 0.25) is 17.5 Å². The number of esters is 1. The third-order valence-corrected chi connectivity index (χ3v) is 7.36. The van der Waals surface area contributed by atoms with E-state index in [1.165, 1.54) is 4.90 Å². The molecule has 0 bridgehead atoms. The van der Waals surface area contributed by atoms with Gasteiger partial charge in [0, 0.05) is 31.6 Å². The molecule has 2 aromatic carbocycles. The van der Waals surface area contributed by atoms with E-state index >= 15 is 0 Å². The first-order valence-electron chi connectivity index (χ1n) is 14.8. The van der Waals surface area contributed by atoms with Gasteiger partial charge in [-0.15, -0.1) is 0 Å². The molecule has 2 atom stereocenters. The zero-order chi connectivity index (χ0) is 34.3. The number of hydrogen-bond donors (Lipinski definition) is 3. The molecule has 14 heteroatoms. The van der Waals surface area contributed by atoms with Crippen LogP contribution in [0.1, 0.15) is 56.7 Å². The van der Waals surface area contributed by atoms with Crippen LogP contribution in [0.4, 0.5) is 17.6 Å². The van der Waals surface area contributed by atoms with E-state index in [1.54, 1.807) is 20.8 Å². The number of halogens is 4. The molecule has 2 aromatic rings. The number of carbonyl (C=O) groups is 4. The van der Waals surface area contributed by atoms with Crippen molar-refractivity contribution >= 4 is 23.7 Å². The maximum Gasteiger partial charge on any atom is 0.311 e. The van der Waals surface area contributed by atoms with Crippen molar-refractivity contribution in [2.45, 2.75) is 78.2 Å². The highest BCUT2D eigenvalue weighted by molar-refractivity contribution is 6.35. The normalized spacial score (nSPS) is 15.1. The molecule has 1 saturated heterocycles. The number of nitrogens with zero attached hydrogens (tertiary/aromatic N) is 1. The number of likely N-dealkylation sites (tertiary alicyclic amines) is 1. The van der Waals surface area contributed by atoms with Crippen molar-refractivity contribution in [1.29, 1.82) is 0 Å². The number of aliphatic hydroxyl groups is 1. The molecule has 0 aliphatic carbocycles. The number of aliphatic hydroxyl groups excluding tert-OH is 1. The SMILES string of the molecule is Cc1ccc(C)c(CNC(=O)C(=O)N2CCC(C(=O)N[C@@H](CC(=O)OC(C)(C)C)C(O)COc3c(F)c(F)cc(F)c3F)CC2)c1. The Bertz CT molecular complexity index is 1430. The minimum absolute atomic E-state index is 0.00287. The summed E-state index contributed by atoms with van der Waals surface area (Å²) in [4.78, 5) is 52.3. The molecule has 0 spiro atoms. The van der Waals surface area contributed by atoms with Gasteiger partial charge in [-0.25, -0.2) is 8.78 Å².